The number of rotatable bonds is 3. The van der Waals surface area contributed by atoms with E-state index in [0.29, 0.717) is 6.07 Å². The second kappa shape index (κ2) is 5.23. The number of methoxy groups -OCH3 is 1. The number of alkyl halides is 3. The highest BCUT2D eigenvalue weighted by molar-refractivity contribution is 7.88. The number of halogens is 3. The van der Waals surface area contributed by atoms with Crippen LogP contribution in [0.5, 0.6) is 11.5 Å². The molecule has 2 radical (unpaired) electrons. The average molecular weight is 310 g/mol. The normalized spacial score (nSPS) is 12.0. The lowest BCUT2D eigenvalue weighted by atomic mass is 9.92. The topological polar surface area (TPSA) is 89.9 Å². The Morgan fingerprint density at radius 3 is 2.35 bits per heavy atom. The van der Waals surface area contributed by atoms with Crippen LogP contribution in [0.3, 0.4) is 0 Å². The van der Waals surface area contributed by atoms with Gasteiger partial charge in [-0.15, -0.1) is 0 Å². The van der Waals surface area contributed by atoms with Gasteiger partial charge in [-0.05, 0) is 17.6 Å². The smallest absolute Gasteiger partial charge is 0.508 e. The van der Waals surface area contributed by atoms with Gasteiger partial charge in [0.1, 0.15) is 19.3 Å². The van der Waals surface area contributed by atoms with Gasteiger partial charge >= 0.3 is 21.6 Å². The Morgan fingerprint density at radius 2 is 1.90 bits per heavy atom. The quantitative estimate of drug-likeness (QED) is 0.371. The van der Waals surface area contributed by atoms with E-state index in [1.54, 1.807) is 0 Å². The highest BCUT2D eigenvalue weighted by atomic mass is 32.2. The standard InChI is InChI=1S/C9H6BF3O6S/c1-18-8(15)4-2-5(14)7(10)6(3-4)19-20(16,17)9(11,12)13/h2-3,14H,1H3. The Kier molecular flexibility index (Phi) is 4.22. The number of esters is 1. The second-order valence-electron chi connectivity index (χ2n) is 3.38. The first-order valence-electron chi connectivity index (χ1n) is 4.71. The van der Waals surface area contributed by atoms with Crippen molar-refractivity contribution >= 4 is 29.4 Å². The predicted molar refractivity (Wildman–Crippen MR) is 60.4 cm³/mol. The number of carbonyl (C=O) groups excluding carboxylic acids is 1. The zero-order valence-corrected chi connectivity index (χ0v) is 10.6. The van der Waals surface area contributed by atoms with Gasteiger partial charge in [-0.25, -0.2) is 4.79 Å². The van der Waals surface area contributed by atoms with Crippen LogP contribution in [0.1, 0.15) is 10.4 Å². The van der Waals surface area contributed by atoms with E-state index < -0.39 is 44.1 Å². The molecule has 0 aromatic heterocycles. The molecule has 11 heteroatoms. The third-order valence-corrected chi connectivity index (χ3v) is 2.99. The summed E-state index contributed by atoms with van der Waals surface area (Å²) in [5.41, 5.74) is -6.90. The Hall–Kier alpha value is -1.91. The largest absolute Gasteiger partial charge is 0.534 e. The molecule has 0 aliphatic carbocycles. The minimum Gasteiger partial charge on any atom is -0.508 e. The lowest BCUT2D eigenvalue weighted by Gasteiger charge is -2.13. The maximum Gasteiger partial charge on any atom is 0.534 e. The maximum atomic E-state index is 12.2. The highest BCUT2D eigenvalue weighted by Crippen LogP contribution is 2.28. The van der Waals surface area contributed by atoms with E-state index in [4.69, 9.17) is 7.85 Å². The Labute approximate surface area is 112 Å². The molecule has 0 heterocycles. The van der Waals surface area contributed by atoms with Gasteiger partial charge in [-0.1, -0.05) is 0 Å². The van der Waals surface area contributed by atoms with E-state index in [-0.39, 0.29) is 0 Å². The number of aromatic hydroxyl groups is 1. The molecule has 0 aliphatic heterocycles. The summed E-state index contributed by atoms with van der Waals surface area (Å²) in [5, 5.41) is 9.34. The number of phenolic OH excluding ortho intramolecular Hbond substituents is 1. The summed E-state index contributed by atoms with van der Waals surface area (Å²) in [6.45, 7) is 0. The molecule has 0 amide bonds. The fraction of sp³-hybridized carbons (Fsp3) is 0.222. The van der Waals surface area contributed by atoms with Crippen LogP contribution in [-0.4, -0.2) is 40.0 Å². The highest BCUT2D eigenvalue weighted by Gasteiger charge is 2.48. The van der Waals surface area contributed by atoms with Crippen molar-refractivity contribution in [3.05, 3.63) is 17.7 Å². The molecule has 1 N–H and O–H groups in total. The minimum atomic E-state index is -5.98. The van der Waals surface area contributed by atoms with Crippen molar-refractivity contribution in [3.63, 3.8) is 0 Å². The first-order valence-corrected chi connectivity index (χ1v) is 6.12. The van der Waals surface area contributed by atoms with Crippen LogP contribution in [0.15, 0.2) is 12.1 Å². The predicted octanol–water partition coefficient (Wildman–Crippen LogP) is 0.201. The fourth-order valence-electron chi connectivity index (χ4n) is 1.08. The first-order chi connectivity index (χ1) is 8.99. The summed E-state index contributed by atoms with van der Waals surface area (Å²) < 4.78 is 66.2. The zero-order valence-electron chi connectivity index (χ0n) is 9.76. The molecule has 0 spiro atoms. The van der Waals surface area contributed by atoms with Crippen molar-refractivity contribution < 1.29 is 40.4 Å². The van der Waals surface area contributed by atoms with E-state index in [2.05, 4.69) is 8.92 Å². The molecule has 6 nitrogen and oxygen atoms in total. The van der Waals surface area contributed by atoms with E-state index >= 15 is 0 Å². The van der Waals surface area contributed by atoms with Crippen LogP contribution in [0.25, 0.3) is 0 Å². The van der Waals surface area contributed by atoms with Crippen molar-refractivity contribution in [1.29, 1.82) is 0 Å². The number of phenols is 1. The summed E-state index contributed by atoms with van der Waals surface area (Å²) in [4.78, 5) is 11.2. The van der Waals surface area contributed by atoms with E-state index in [9.17, 15) is 31.5 Å². The van der Waals surface area contributed by atoms with Crippen molar-refractivity contribution in [2.24, 2.45) is 0 Å². The lowest BCUT2D eigenvalue weighted by molar-refractivity contribution is -0.0499. The van der Waals surface area contributed by atoms with Crippen LogP contribution in [0.4, 0.5) is 13.2 Å². The molecule has 0 atom stereocenters. The number of hydrogen-bond acceptors (Lipinski definition) is 6. The van der Waals surface area contributed by atoms with Crippen LogP contribution in [-0.2, 0) is 14.9 Å². The van der Waals surface area contributed by atoms with Crippen LogP contribution >= 0.6 is 0 Å². The Bertz CT molecular complexity index is 640. The molecule has 0 bridgehead atoms. The monoisotopic (exact) mass is 310 g/mol. The number of carbonyl (C=O) groups is 1. The van der Waals surface area contributed by atoms with Gasteiger partial charge in [0.2, 0.25) is 0 Å². The van der Waals surface area contributed by atoms with Crippen molar-refractivity contribution in [3.8, 4) is 11.5 Å². The minimum absolute atomic E-state index is 0.438. The van der Waals surface area contributed by atoms with Crippen molar-refractivity contribution in [2.45, 2.75) is 5.51 Å². The Morgan fingerprint density at radius 1 is 1.35 bits per heavy atom. The van der Waals surface area contributed by atoms with Gasteiger partial charge in [0.05, 0.1) is 12.7 Å². The van der Waals surface area contributed by atoms with Gasteiger partial charge in [-0.2, -0.15) is 21.6 Å². The summed E-state index contributed by atoms with van der Waals surface area (Å²) in [7, 11) is 0.177. The molecule has 0 aliphatic rings. The third-order valence-electron chi connectivity index (χ3n) is 2.02. The van der Waals surface area contributed by atoms with E-state index in [1.165, 1.54) is 0 Å². The summed E-state index contributed by atoms with van der Waals surface area (Å²) in [6, 6.07) is 1.39. The molecule has 1 aromatic rings. The molecular formula is C9H6BF3O6S. The number of benzene rings is 1. The van der Waals surface area contributed by atoms with Gasteiger partial charge < -0.3 is 14.0 Å². The van der Waals surface area contributed by atoms with E-state index in [1.807, 2.05) is 0 Å². The Balaban J connectivity index is 3.33. The van der Waals surface area contributed by atoms with Crippen molar-refractivity contribution in [1.82, 2.24) is 0 Å². The van der Waals surface area contributed by atoms with Gasteiger partial charge in [0, 0.05) is 0 Å². The van der Waals surface area contributed by atoms with E-state index in [0.717, 1.165) is 13.2 Å². The third kappa shape index (κ3) is 3.15. The fourth-order valence-corrected chi connectivity index (χ4v) is 1.55. The zero-order chi connectivity index (χ0) is 15.7. The first kappa shape index (κ1) is 16.2. The number of ether oxygens (including phenoxy) is 1. The average Bonchev–Trinajstić information content (AvgIpc) is 2.31. The summed E-state index contributed by atoms with van der Waals surface area (Å²) >= 11 is 0. The van der Waals surface area contributed by atoms with Gasteiger partial charge in [-0.3, -0.25) is 0 Å². The summed E-state index contributed by atoms with van der Waals surface area (Å²) in [6.07, 6.45) is 0. The molecule has 1 rings (SSSR count). The second-order valence-corrected chi connectivity index (χ2v) is 4.92. The van der Waals surface area contributed by atoms with Gasteiger partial charge in [0.15, 0.2) is 0 Å². The molecule has 20 heavy (non-hydrogen) atoms. The van der Waals surface area contributed by atoms with Crippen LogP contribution in [0, 0.1) is 0 Å². The number of hydrogen-bond donors (Lipinski definition) is 1. The molecule has 1 aromatic carbocycles. The molecule has 0 unspecified atom stereocenters. The molecule has 0 saturated carbocycles. The molecule has 0 saturated heterocycles. The van der Waals surface area contributed by atoms with Crippen LogP contribution in [0.2, 0.25) is 0 Å². The molecule has 108 valence electrons. The van der Waals surface area contributed by atoms with Gasteiger partial charge in [0.25, 0.3) is 0 Å². The molecule has 0 fully saturated rings. The lowest BCUT2D eigenvalue weighted by Crippen LogP contribution is -2.30. The SMILES string of the molecule is [B]c1c(O)cc(C(=O)OC)cc1OS(=O)(=O)C(F)(F)F. The molecular weight excluding hydrogens is 304 g/mol. The summed E-state index contributed by atoms with van der Waals surface area (Å²) in [5.74, 6) is -2.91. The maximum absolute atomic E-state index is 12.2. The van der Waals surface area contributed by atoms with Crippen LogP contribution < -0.4 is 9.65 Å². The van der Waals surface area contributed by atoms with Crippen molar-refractivity contribution in [2.75, 3.05) is 7.11 Å².